The van der Waals surface area contributed by atoms with E-state index in [1.54, 1.807) is 0 Å². The Bertz CT molecular complexity index is 901. The van der Waals surface area contributed by atoms with Crippen molar-refractivity contribution in [2.75, 3.05) is 0 Å². The molecular formula is C25H28N2O2. The van der Waals surface area contributed by atoms with Crippen LogP contribution in [0.3, 0.4) is 0 Å². The van der Waals surface area contributed by atoms with Gasteiger partial charge in [0.15, 0.2) is 5.82 Å². The van der Waals surface area contributed by atoms with Crippen LogP contribution in [0.5, 0.6) is 5.75 Å². The molecule has 0 aliphatic carbocycles. The van der Waals surface area contributed by atoms with Gasteiger partial charge in [0.25, 0.3) is 0 Å². The minimum absolute atomic E-state index is 0.177. The summed E-state index contributed by atoms with van der Waals surface area (Å²) in [7, 11) is 0. The summed E-state index contributed by atoms with van der Waals surface area (Å²) in [5.74, 6) is 1.11. The predicted molar refractivity (Wildman–Crippen MR) is 117 cm³/mol. The number of rotatable bonds is 9. The van der Waals surface area contributed by atoms with Gasteiger partial charge in [-0.15, -0.1) is 0 Å². The number of carbonyl (C=O) groups excluding carboxylic acids is 1. The van der Waals surface area contributed by atoms with Crippen LogP contribution in [0, 0.1) is 0 Å². The minimum atomic E-state index is -0.177. The molecule has 4 nitrogen and oxygen atoms in total. The van der Waals surface area contributed by atoms with Crippen LogP contribution in [0.1, 0.15) is 51.5 Å². The second-order valence-corrected chi connectivity index (χ2v) is 7.20. The maximum Gasteiger partial charge on any atom is 0.311 e. The number of hydrogen-bond donors (Lipinski definition) is 0. The number of aryl methyl sites for hydroxylation is 1. The molecule has 4 heteroatoms. The molecule has 1 heterocycles. The fourth-order valence-electron chi connectivity index (χ4n) is 3.15. The zero-order chi connectivity index (χ0) is 20.5. The van der Waals surface area contributed by atoms with Crippen LogP contribution >= 0.6 is 0 Å². The number of aromatic nitrogens is 2. The summed E-state index contributed by atoms with van der Waals surface area (Å²) in [6.07, 6.45) is 9.36. The minimum Gasteiger partial charge on any atom is -0.427 e. The first kappa shape index (κ1) is 20.7. The molecule has 0 aliphatic heterocycles. The molecule has 0 saturated carbocycles. The maximum atomic E-state index is 11.8. The summed E-state index contributed by atoms with van der Waals surface area (Å²) in [4.78, 5) is 20.9. The SMILES string of the molecule is CCCCCC(=O)Oc1ccc(-c2cnc(-c3ccc(CCC)cc3)nc2)cc1. The quantitative estimate of drug-likeness (QED) is 0.247. The van der Waals surface area contributed by atoms with Gasteiger partial charge in [-0.2, -0.15) is 0 Å². The van der Waals surface area contributed by atoms with E-state index in [4.69, 9.17) is 4.74 Å². The molecule has 1 aromatic heterocycles. The Labute approximate surface area is 173 Å². The van der Waals surface area contributed by atoms with E-state index in [0.29, 0.717) is 12.2 Å². The fourth-order valence-corrected chi connectivity index (χ4v) is 3.15. The van der Waals surface area contributed by atoms with E-state index in [0.717, 1.165) is 54.6 Å². The van der Waals surface area contributed by atoms with Gasteiger partial charge in [-0.1, -0.05) is 69.5 Å². The van der Waals surface area contributed by atoms with E-state index in [9.17, 15) is 4.79 Å². The van der Waals surface area contributed by atoms with E-state index in [2.05, 4.69) is 48.1 Å². The molecule has 3 rings (SSSR count). The highest BCUT2D eigenvalue weighted by atomic mass is 16.5. The zero-order valence-electron chi connectivity index (χ0n) is 17.2. The van der Waals surface area contributed by atoms with Gasteiger partial charge in [-0.3, -0.25) is 4.79 Å². The molecule has 0 atom stereocenters. The third-order valence-electron chi connectivity index (χ3n) is 4.81. The number of ether oxygens (including phenoxy) is 1. The van der Waals surface area contributed by atoms with Crippen molar-refractivity contribution in [3.63, 3.8) is 0 Å². The standard InChI is InChI=1S/C25H28N2O2/c1-3-5-6-8-24(28)29-23-15-13-20(14-16-23)22-17-26-25(27-18-22)21-11-9-19(7-4-2)10-12-21/h9-18H,3-8H2,1-2H3. The van der Waals surface area contributed by atoms with Crippen LogP contribution < -0.4 is 4.74 Å². The van der Waals surface area contributed by atoms with E-state index < -0.39 is 0 Å². The first-order chi connectivity index (χ1) is 14.2. The van der Waals surface area contributed by atoms with Crippen LogP contribution in [0.2, 0.25) is 0 Å². The molecular weight excluding hydrogens is 360 g/mol. The van der Waals surface area contributed by atoms with Crippen molar-refractivity contribution < 1.29 is 9.53 Å². The lowest BCUT2D eigenvalue weighted by atomic mass is 10.1. The summed E-state index contributed by atoms with van der Waals surface area (Å²) < 4.78 is 5.39. The van der Waals surface area contributed by atoms with Gasteiger partial charge in [0.05, 0.1) is 0 Å². The van der Waals surface area contributed by atoms with E-state index in [-0.39, 0.29) is 5.97 Å². The van der Waals surface area contributed by atoms with Crippen LogP contribution in [0.4, 0.5) is 0 Å². The molecule has 0 aliphatic rings. The van der Waals surface area contributed by atoms with Crippen LogP contribution in [0.15, 0.2) is 60.9 Å². The topological polar surface area (TPSA) is 52.1 Å². The number of nitrogens with zero attached hydrogens (tertiary/aromatic N) is 2. The first-order valence-corrected chi connectivity index (χ1v) is 10.4. The number of esters is 1. The normalized spacial score (nSPS) is 10.7. The highest BCUT2D eigenvalue weighted by Gasteiger charge is 2.07. The van der Waals surface area contributed by atoms with Gasteiger partial charge < -0.3 is 4.74 Å². The van der Waals surface area contributed by atoms with Crippen LogP contribution in [-0.2, 0) is 11.2 Å². The van der Waals surface area contributed by atoms with Gasteiger partial charge >= 0.3 is 5.97 Å². The number of hydrogen-bond acceptors (Lipinski definition) is 4. The number of unbranched alkanes of at least 4 members (excludes halogenated alkanes) is 2. The molecule has 0 bridgehead atoms. The van der Waals surface area contributed by atoms with E-state index in [1.807, 2.05) is 36.7 Å². The number of benzene rings is 2. The highest BCUT2D eigenvalue weighted by Crippen LogP contribution is 2.23. The van der Waals surface area contributed by atoms with Crippen molar-refractivity contribution in [2.24, 2.45) is 0 Å². The van der Waals surface area contributed by atoms with Gasteiger partial charge in [-0.05, 0) is 36.1 Å². The smallest absolute Gasteiger partial charge is 0.311 e. The molecule has 29 heavy (non-hydrogen) atoms. The second kappa shape index (κ2) is 10.5. The van der Waals surface area contributed by atoms with Gasteiger partial charge in [0, 0.05) is 29.9 Å². The van der Waals surface area contributed by atoms with Crippen molar-refractivity contribution in [3.05, 3.63) is 66.5 Å². The molecule has 0 saturated heterocycles. The average molecular weight is 389 g/mol. The van der Waals surface area contributed by atoms with Crippen molar-refractivity contribution in [2.45, 2.75) is 52.4 Å². The van der Waals surface area contributed by atoms with Crippen molar-refractivity contribution in [3.8, 4) is 28.3 Å². The molecule has 0 spiro atoms. The third kappa shape index (κ3) is 5.98. The lowest BCUT2D eigenvalue weighted by Crippen LogP contribution is -2.07. The summed E-state index contributed by atoms with van der Waals surface area (Å²) in [6.45, 7) is 4.30. The van der Waals surface area contributed by atoms with Crippen LogP contribution in [0.25, 0.3) is 22.5 Å². The summed E-state index contributed by atoms with van der Waals surface area (Å²) in [5, 5.41) is 0. The van der Waals surface area contributed by atoms with E-state index >= 15 is 0 Å². The summed E-state index contributed by atoms with van der Waals surface area (Å²) >= 11 is 0. The van der Waals surface area contributed by atoms with E-state index in [1.165, 1.54) is 5.56 Å². The monoisotopic (exact) mass is 388 g/mol. The molecule has 0 radical (unpaired) electrons. The predicted octanol–water partition coefficient (Wildman–Crippen LogP) is 6.25. The zero-order valence-corrected chi connectivity index (χ0v) is 17.2. The summed E-state index contributed by atoms with van der Waals surface area (Å²) in [5.41, 5.74) is 4.26. The second-order valence-electron chi connectivity index (χ2n) is 7.20. The molecule has 0 N–H and O–H groups in total. The van der Waals surface area contributed by atoms with Crippen molar-refractivity contribution in [1.29, 1.82) is 0 Å². The Balaban J connectivity index is 1.63. The molecule has 3 aromatic rings. The third-order valence-corrected chi connectivity index (χ3v) is 4.81. The largest absolute Gasteiger partial charge is 0.427 e. The number of carbonyl (C=O) groups is 1. The lowest BCUT2D eigenvalue weighted by Gasteiger charge is -2.07. The molecule has 150 valence electrons. The average Bonchev–Trinajstić information content (AvgIpc) is 2.75. The van der Waals surface area contributed by atoms with Gasteiger partial charge in [0.2, 0.25) is 0 Å². The molecule has 0 unspecified atom stereocenters. The first-order valence-electron chi connectivity index (χ1n) is 10.4. The fraction of sp³-hybridized carbons (Fsp3) is 0.320. The Morgan fingerprint density at radius 1 is 0.793 bits per heavy atom. The summed E-state index contributed by atoms with van der Waals surface area (Å²) in [6, 6.07) is 15.9. The maximum absolute atomic E-state index is 11.8. The Hall–Kier alpha value is -3.01. The Morgan fingerprint density at radius 2 is 1.45 bits per heavy atom. The van der Waals surface area contributed by atoms with Gasteiger partial charge in [-0.25, -0.2) is 9.97 Å². The van der Waals surface area contributed by atoms with Crippen molar-refractivity contribution in [1.82, 2.24) is 9.97 Å². The van der Waals surface area contributed by atoms with Crippen LogP contribution in [-0.4, -0.2) is 15.9 Å². The lowest BCUT2D eigenvalue weighted by molar-refractivity contribution is -0.134. The van der Waals surface area contributed by atoms with Crippen molar-refractivity contribution >= 4 is 5.97 Å². The Kier molecular flexibility index (Phi) is 7.51. The van der Waals surface area contributed by atoms with Gasteiger partial charge in [0.1, 0.15) is 5.75 Å². The Morgan fingerprint density at radius 3 is 2.07 bits per heavy atom. The highest BCUT2D eigenvalue weighted by molar-refractivity contribution is 5.73. The molecule has 2 aromatic carbocycles. The molecule has 0 amide bonds. The molecule has 0 fully saturated rings.